The van der Waals surface area contributed by atoms with Gasteiger partial charge in [-0.3, -0.25) is 10.1 Å². The molecule has 126 valence electrons. The topological polar surface area (TPSA) is 122 Å². The maximum absolute atomic E-state index is 11.7. The molecular weight excluding hydrogens is 320 g/mol. The first-order chi connectivity index (χ1) is 10.7. The summed E-state index contributed by atoms with van der Waals surface area (Å²) in [4.78, 5) is 22.5. The average molecular weight is 340 g/mol. The number of urea groups is 1. The number of rotatable bonds is 4. The highest BCUT2D eigenvalue weighted by Crippen LogP contribution is 2.27. The zero-order valence-corrected chi connectivity index (χ0v) is 13.8. The van der Waals surface area contributed by atoms with Crippen molar-refractivity contribution in [1.29, 1.82) is 0 Å². The van der Waals surface area contributed by atoms with Gasteiger partial charge in [0.2, 0.25) is 15.9 Å². The largest absolute Gasteiger partial charge is 0.374 e. The highest BCUT2D eigenvalue weighted by atomic mass is 32.2. The Morgan fingerprint density at radius 1 is 1.35 bits per heavy atom. The summed E-state index contributed by atoms with van der Waals surface area (Å²) in [6.45, 7) is 2.32. The predicted molar refractivity (Wildman–Crippen MR) is 86.2 cm³/mol. The first kappa shape index (κ1) is 17.2. The van der Waals surface area contributed by atoms with Gasteiger partial charge in [-0.15, -0.1) is 0 Å². The van der Waals surface area contributed by atoms with Crippen molar-refractivity contribution >= 4 is 27.6 Å². The van der Waals surface area contributed by atoms with E-state index in [9.17, 15) is 18.0 Å². The third kappa shape index (κ3) is 4.20. The molecule has 4 N–H and O–H groups in total. The molecular formula is C14H20N4O4S. The summed E-state index contributed by atoms with van der Waals surface area (Å²) in [5.41, 5.74) is 7.56. The molecule has 0 aliphatic carbocycles. The van der Waals surface area contributed by atoms with Crippen LogP contribution >= 0.6 is 0 Å². The van der Waals surface area contributed by atoms with Crippen LogP contribution in [0.5, 0.6) is 0 Å². The molecule has 1 aliphatic heterocycles. The molecule has 0 aromatic heterocycles. The Morgan fingerprint density at radius 2 is 2.04 bits per heavy atom. The lowest BCUT2D eigenvalue weighted by Crippen LogP contribution is -2.43. The molecule has 2 rings (SSSR count). The minimum atomic E-state index is -3.23. The van der Waals surface area contributed by atoms with Crippen LogP contribution < -0.4 is 16.4 Å². The van der Waals surface area contributed by atoms with Gasteiger partial charge in [0, 0.05) is 18.8 Å². The first-order valence-electron chi connectivity index (χ1n) is 7.11. The smallest absolute Gasteiger partial charge is 0.318 e. The number of amides is 3. The second-order valence-electron chi connectivity index (χ2n) is 5.51. The molecule has 3 amide bonds. The molecule has 0 saturated heterocycles. The monoisotopic (exact) mass is 340 g/mol. The molecule has 0 radical (unpaired) electrons. The summed E-state index contributed by atoms with van der Waals surface area (Å²) < 4.78 is 24.7. The van der Waals surface area contributed by atoms with Crippen LogP contribution in [0.15, 0.2) is 18.2 Å². The fourth-order valence-electron chi connectivity index (χ4n) is 2.53. The summed E-state index contributed by atoms with van der Waals surface area (Å²) in [7, 11) is -3.23. The molecule has 9 heteroatoms. The third-order valence-electron chi connectivity index (χ3n) is 3.71. The number of fused-ring (bicyclic) bond motifs is 1. The van der Waals surface area contributed by atoms with Gasteiger partial charge in [-0.2, -0.15) is 4.31 Å². The highest BCUT2D eigenvalue weighted by molar-refractivity contribution is 7.88. The van der Waals surface area contributed by atoms with Gasteiger partial charge in [0.1, 0.15) is 6.04 Å². The number of carbonyl (C=O) groups excluding carboxylic acids is 2. The average Bonchev–Trinajstić information content (AvgIpc) is 2.45. The van der Waals surface area contributed by atoms with Gasteiger partial charge in [0.25, 0.3) is 0 Å². The number of hydrogen-bond acceptors (Lipinski definition) is 5. The lowest BCUT2D eigenvalue weighted by molar-refractivity contribution is -0.120. The summed E-state index contributed by atoms with van der Waals surface area (Å²) in [5, 5.41) is 5.06. The Balaban J connectivity index is 2.17. The molecule has 8 nitrogen and oxygen atoms in total. The van der Waals surface area contributed by atoms with E-state index in [1.54, 1.807) is 13.0 Å². The standard InChI is InChI=1S/C14H20N4O4S/c1-9(13(19)17-14(15)20)16-12-5-3-4-10-8-18(23(2,21)22)7-6-11(10)12/h3-5,9,16H,6-8H2,1-2H3,(H3,15,17,19,20). The number of primary amides is 1. The van der Waals surface area contributed by atoms with E-state index >= 15 is 0 Å². The normalized spacial score (nSPS) is 16.3. The van der Waals surface area contributed by atoms with Crippen molar-refractivity contribution in [2.45, 2.75) is 25.9 Å². The Hall–Kier alpha value is -2.13. The van der Waals surface area contributed by atoms with Crippen molar-refractivity contribution < 1.29 is 18.0 Å². The van der Waals surface area contributed by atoms with Gasteiger partial charge in [-0.1, -0.05) is 12.1 Å². The maximum atomic E-state index is 11.7. The van der Waals surface area contributed by atoms with Gasteiger partial charge in [-0.05, 0) is 30.5 Å². The van der Waals surface area contributed by atoms with E-state index in [0.29, 0.717) is 19.5 Å². The van der Waals surface area contributed by atoms with Crippen molar-refractivity contribution in [1.82, 2.24) is 9.62 Å². The number of nitrogens with one attached hydrogen (secondary N) is 2. The summed E-state index contributed by atoms with van der Waals surface area (Å²) in [6.07, 6.45) is 1.74. The van der Waals surface area contributed by atoms with E-state index < -0.39 is 28.0 Å². The second kappa shape index (κ2) is 6.55. The number of nitrogens with two attached hydrogens (primary N) is 1. The van der Waals surface area contributed by atoms with Gasteiger partial charge >= 0.3 is 6.03 Å². The SMILES string of the molecule is CC(Nc1cccc2c1CCN(S(C)(=O)=O)C2)C(=O)NC(N)=O. The van der Waals surface area contributed by atoms with Crippen LogP contribution in [-0.2, 0) is 27.8 Å². The molecule has 0 spiro atoms. The quantitative estimate of drug-likeness (QED) is 0.712. The number of nitrogens with zero attached hydrogens (tertiary/aromatic N) is 1. The molecule has 1 atom stereocenters. The molecule has 0 fully saturated rings. The van der Waals surface area contributed by atoms with E-state index in [1.807, 2.05) is 17.4 Å². The minimum absolute atomic E-state index is 0.311. The lowest BCUT2D eigenvalue weighted by Gasteiger charge is -2.29. The first-order valence-corrected chi connectivity index (χ1v) is 8.96. The van der Waals surface area contributed by atoms with Crippen molar-refractivity contribution in [3.8, 4) is 0 Å². The lowest BCUT2D eigenvalue weighted by atomic mass is 9.98. The molecule has 0 bridgehead atoms. The second-order valence-corrected chi connectivity index (χ2v) is 7.49. The number of hydrogen-bond donors (Lipinski definition) is 3. The molecule has 1 aromatic rings. The van der Waals surface area contributed by atoms with Gasteiger partial charge in [0.05, 0.1) is 6.26 Å². The van der Waals surface area contributed by atoms with Crippen LogP contribution in [0.4, 0.5) is 10.5 Å². The highest BCUT2D eigenvalue weighted by Gasteiger charge is 2.25. The summed E-state index contributed by atoms with van der Waals surface area (Å²) in [5.74, 6) is -0.524. The van der Waals surface area contributed by atoms with Crippen molar-refractivity contribution in [3.63, 3.8) is 0 Å². The van der Waals surface area contributed by atoms with Gasteiger partial charge < -0.3 is 11.1 Å². The zero-order valence-electron chi connectivity index (χ0n) is 13.0. The van der Waals surface area contributed by atoms with Crippen molar-refractivity contribution in [2.24, 2.45) is 5.73 Å². The Morgan fingerprint density at radius 3 is 2.65 bits per heavy atom. The van der Waals surface area contributed by atoms with Gasteiger partial charge in [-0.25, -0.2) is 13.2 Å². The van der Waals surface area contributed by atoms with Crippen LogP contribution in [0.2, 0.25) is 0 Å². The van der Waals surface area contributed by atoms with E-state index in [-0.39, 0.29) is 0 Å². The Kier molecular flexibility index (Phi) is 4.90. The molecule has 1 aromatic carbocycles. The maximum Gasteiger partial charge on any atom is 0.318 e. The Labute approximate surface area is 135 Å². The number of imide groups is 1. The number of anilines is 1. The minimum Gasteiger partial charge on any atom is -0.374 e. The van der Waals surface area contributed by atoms with E-state index in [4.69, 9.17) is 5.73 Å². The molecule has 1 aliphatic rings. The van der Waals surface area contributed by atoms with E-state index in [1.165, 1.54) is 10.6 Å². The molecule has 0 saturated carbocycles. The van der Waals surface area contributed by atoms with E-state index in [0.717, 1.165) is 16.8 Å². The molecule has 1 unspecified atom stereocenters. The van der Waals surface area contributed by atoms with Crippen LogP contribution in [0.1, 0.15) is 18.1 Å². The summed E-state index contributed by atoms with van der Waals surface area (Å²) >= 11 is 0. The predicted octanol–water partition coefficient (Wildman–Crippen LogP) is -0.000400. The van der Waals surface area contributed by atoms with Crippen LogP contribution in [0, 0.1) is 0 Å². The van der Waals surface area contributed by atoms with Crippen molar-refractivity contribution in [3.05, 3.63) is 29.3 Å². The molecule has 23 heavy (non-hydrogen) atoms. The van der Waals surface area contributed by atoms with Crippen molar-refractivity contribution in [2.75, 3.05) is 18.1 Å². The number of benzene rings is 1. The zero-order chi connectivity index (χ0) is 17.2. The van der Waals surface area contributed by atoms with Crippen LogP contribution in [-0.4, -0.2) is 43.5 Å². The summed E-state index contributed by atoms with van der Waals surface area (Å²) in [6, 6.07) is 3.94. The fourth-order valence-corrected chi connectivity index (χ4v) is 3.33. The third-order valence-corrected chi connectivity index (χ3v) is 4.96. The number of carbonyl (C=O) groups is 2. The fraction of sp³-hybridized carbons (Fsp3) is 0.429. The van der Waals surface area contributed by atoms with E-state index in [2.05, 4.69) is 5.32 Å². The number of sulfonamides is 1. The van der Waals surface area contributed by atoms with Crippen LogP contribution in [0.25, 0.3) is 0 Å². The Bertz CT molecular complexity index is 732. The van der Waals surface area contributed by atoms with Crippen LogP contribution in [0.3, 0.4) is 0 Å². The molecule has 1 heterocycles. The van der Waals surface area contributed by atoms with Gasteiger partial charge in [0.15, 0.2) is 0 Å².